The van der Waals surface area contributed by atoms with Crippen LogP contribution in [-0.4, -0.2) is 26.6 Å². The van der Waals surface area contributed by atoms with Crippen LogP contribution in [0.15, 0.2) is 42.5 Å². The molecular weight excluding hydrogens is 384 g/mol. The summed E-state index contributed by atoms with van der Waals surface area (Å²) in [4.78, 5) is 13.0. The quantitative estimate of drug-likeness (QED) is 0.738. The minimum absolute atomic E-state index is 0.328. The van der Waals surface area contributed by atoms with Crippen molar-refractivity contribution in [3.63, 3.8) is 0 Å². The molecule has 0 unspecified atom stereocenters. The number of aryl methyl sites for hydroxylation is 2. The molecule has 7 heteroatoms. The van der Waals surface area contributed by atoms with Crippen molar-refractivity contribution < 1.29 is 13.2 Å². The van der Waals surface area contributed by atoms with E-state index in [1.807, 2.05) is 32.0 Å². The van der Waals surface area contributed by atoms with Gasteiger partial charge in [-0.15, -0.1) is 0 Å². The SMILES string of the molecule is CCc1cccc(C)c1NC(=O)[C@H](CC)N(c1ccc(Cl)cc1)S(C)(=O)=O. The number of nitrogens with zero attached hydrogens (tertiary/aromatic N) is 1. The Bertz CT molecular complexity index is 911. The number of carbonyl (C=O) groups excluding carboxylic acids is 1. The summed E-state index contributed by atoms with van der Waals surface area (Å²) in [5.74, 6) is -0.359. The standard InChI is InChI=1S/C20H25ClN2O3S/c1-5-15-9-7-8-14(3)19(15)22-20(24)18(6-2)23(27(4,25)26)17-12-10-16(21)11-13-17/h7-13,18H,5-6H2,1-4H3,(H,22,24)/t18-/m0/s1. The summed E-state index contributed by atoms with van der Waals surface area (Å²) in [5.41, 5.74) is 3.10. The molecular formula is C20H25ClN2O3S. The van der Waals surface area contributed by atoms with Crippen molar-refractivity contribution in [2.24, 2.45) is 0 Å². The molecule has 0 fully saturated rings. The van der Waals surface area contributed by atoms with Crippen LogP contribution in [0.25, 0.3) is 0 Å². The van der Waals surface area contributed by atoms with Crippen molar-refractivity contribution in [3.8, 4) is 0 Å². The molecule has 2 aromatic carbocycles. The van der Waals surface area contributed by atoms with Crippen LogP contribution < -0.4 is 9.62 Å². The molecule has 1 atom stereocenters. The van der Waals surface area contributed by atoms with E-state index < -0.39 is 16.1 Å². The van der Waals surface area contributed by atoms with Gasteiger partial charge in [-0.1, -0.05) is 43.6 Å². The van der Waals surface area contributed by atoms with E-state index in [9.17, 15) is 13.2 Å². The number of anilines is 2. The van der Waals surface area contributed by atoms with Crippen LogP contribution >= 0.6 is 11.6 Å². The third kappa shape index (κ3) is 5.02. The highest BCUT2D eigenvalue weighted by molar-refractivity contribution is 7.92. The minimum Gasteiger partial charge on any atom is -0.324 e. The number of halogens is 1. The normalized spacial score (nSPS) is 12.5. The molecule has 0 heterocycles. The van der Waals surface area contributed by atoms with Crippen molar-refractivity contribution in [3.05, 3.63) is 58.6 Å². The number of nitrogens with one attached hydrogen (secondary N) is 1. The largest absolute Gasteiger partial charge is 0.324 e. The summed E-state index contributed by atoms with van der Waals surface area (Å²) in [6.07, 6.45) is 2.19. The molecule has 2 rings (SSSR count). The molecule has 0 saturated heterocycles. The second-order valence-electron chi connectivity index (χ2n) is 6.41. The third-order valence-corrected chi connectivity index (χ3v) is 5.83. The first kappa shape index (κ1) is 21.3. The smallest absolute Gasteiger partial charge is 0.248 e. The number of hydrogen-bond donors (Lipinski definition) is 1. The fourth-order valence-electron chi connectivity index (χ4n) is 3.06. The number of sulfonamides is 1. The lowest BCUT2D eigenvalue weighted by Crippen LogP contribution is -2.47. The van der Waals surface area contributed by atoms with Gasteiger partial charge in [-0.2, -0.15) is 0 Å². The number of carbonyl (C=O) groups is 1. The molecule has 0 radical (unpaired) electrons. The van der Waals surface area contributed by atoms with Gasteiger partial charge in [-0.3, -0.25) is 9.10 Å². The first-order valence-corrected chi connectivity index (χ1v) is 11.1. The van der Waals surface area contributed by atoms with Gasteiger partial charge in [0.05, 0.1) is 11.9 Å². The van der Waals surface area contributed by atoms with Crippen LogP contribution in [0.1, 0.15) is 31.4 Å². The minimum atomic E-state index is -3.68. The first-order valence-electron chi connectivity index (χ1n) is 8.83. The number of hydrogen-bond acceptors (Lipinski definition) is 3. The Hall–Kier alpha value is -2.05. The van der Waals surface area contributed by atoms with E-state index in [0.29, 0.717) is 17.1 Å². The van der Waals surface area contributed by atoms with Crippen molar-refractivity contribution >= 4 is 38.9 Å². The molecule has 0 spiro atoms. The number of para-hydroxylation sites is 1. The van der Waals surface area contributed by atoms with E-state index in [4.69, 9.17) is 11.6 Å². The van der Waals surface area contributed by atoms with Gasteiger partial charge in [0.25, 0.3) is 0 Å². The maximum Gasteiger partial charge on any atom is 0.248 e. The highest BCUT2D eigenvalue weighted by Gasteiger charge is 2.32. The highest BCUT2D eigenvalue weighted by atomic mass is 35.5. The predicted octanol–water partition coefficient (Wildman–Crippen LogP) is 4.39. The van der Waals surface area contributed by atoms with Crippen molar-refractivity contribution in [2.45, 2.75) is 39.7 Å². The first-order chi connectivity index (χ1) is 12.7. The topological polar surface area (TPSA) is 66.5 Å². The molecule has 2 aromatic rings. The Kier molecular flexibility index (Phi) is 6.89. The maximum atomic E-state index is 13.0. The van der Waals surface area contributed by atoms with E-state index in [1.165, 1.54) is 0 Å². The van der Waals surface area contributed by atoms with Gasteiger partial charge in [0.1, 0.15) is 6.04 Å². The number of rotatable bonds is 7. The predicted molar refractivity (Wildman–Crippen MR) is 112 cm³/mol. The van der Waals surface area contributed by atoms with Gasteiger partial charge in [-0.25, -0.2) is 8.42 Å². The van der Waals surface area contributed by atoms with Crippen molar-refractivity contribution in [1.82, 2.24) is 0 Å². The van der Waals surface area contributed by atoms with Crippen LogP contribution in [0.2, 0.25) is 5.02 Å². The molecule has 5 nitrogen and oxygen atoms in total. The Morgan fingerprint density at radius 2 is 1.78 bits per heavy atom. The summed E-state index contributed by atoms with van der Waals surface area (Å²) >= 11 is 5.92. The van der Waals surface area contributed by atoms with Gasteiger partial charge in [-0.05, 0) is 55.2 Å². The van der Waals surface area contributed by atoms with Crippen LogP contribution in [0, 0.1) is 6.92 Å². The van der Waals surface area contributed by atoms with Gasteiger partial charge >= 0.3 is 0 Å². The van der Waals surface area contributed by atoms with Crippen LogP contribution in [0.4, 0.5) is 11.4 Å². The molecule has 0 aliphatic heterocycles. The number of benzene rings is 2. The summed E-state index contributed by atoms with van der Waals surface area (Å²) in [5, 5.41) is 3.44. The van der Waals surface area contributed by atoms with Gasteiger partial charge in [0, 0.05) is 10.7 Å². The molecule has 0 aliphatic carbocycles. The van der Waals surface area contributed by atoms with Crippen molar-refractivity contribution in [1.29, 1.82) is 0 Å². The zero-order valence-electron chi connectivity index (χ0n) is 16.0. The Morgan fingerprint density at radius 3 is 2.30 bits per heavy atom. The molecule has 27 heavy (non-hydrogen) atoms. The summed E-state index contributed by atoms with van der Waals surface area (Å²) in [6, 6.07) is 11.4. The van der Waals surface area contributed by atoms with E-state index in [0.717, 1.165) is 33.8 Å². The lowest BCUT2D eigenvalue weighted by atomic mass is 10.0. The number of amides is 1. The monoisotopic (exact) mass is 408 g/mol. The molecule has 0 aliphatic rings. The Morgan fingerprint density at radius 1 is 1.15 bits per heavy atom. The Labute approximate surface area is 166 Å². The fraction of sp³-hybridized carbons (Fsp3) is 0.350. The third-order valence-electron chi connectivity index (χ3n) is 4.40. The average Bonchev–Trinajstić information content (AvgIpc) is 2.61. The molecule has 1 amide bonds. The zero-order chi connectivity index (χ0) is 20.2. The molecule has 0 aromatic heterocycles. The van der Waals surface area contributed by atoms with Gasteiger partial charge in [0.2, 0.25) is 15.9 Å². The van der Waals surface area contributed by atoms with Crippen molar-refractivity contribution in [2.75, 3.05) is 15.9 Å². The van der Waals surface area contributed by atoms with E-state index >= 15 is 0 Å². The van der Waals surface area contributed by atoms with E-state index in [-0.39, 0.29) is 5.91 Å². The van der Waals surface area contributed by atoms with Crippen LogP contribution in [-0.2, 0) is 21.2 Å². The fourth-order valence-corrected chi connectivity index (χ4v) is 4.39. The highest BCUT2D eigenvalue weighted by Crippen LogP contribution is 2.26. The van der Waals surface area contributed by atoms with E-state index in [2.05, 4.69) is 5.32 Å². The second kappa shape index (κ2) is 8.76. The lowest BCUT2D eigenvalue weighted by Gasteiger charge is -2.30. The van der Waals surface area contributed by atoms with Crippen LogP contribution in [0.3, 0.4) is 0 Å². The Balaban J connectivity index is 2.43. The van der Waals surface area contributed by atoms with Crippen LogP contribution in [0.5, 0.6) is 0 Å². The van der Waals surface area contributed by atoms with E-state index in [1.54, 1.807) is 31.2 Å². The summed E-state index contributed by atoms with van der Waals surface area (Å²) in [6.45, 7) is 5.72. The lowest BCUT2D eigenvalue weighted by molar-refractivity contribution is -0.117. The maximum absolute atomic E-state index is 13.0. The average molecular weight is 409 g/mol. The second-order valence-corrected chi connectivity index (χ2v) is 8.71. The van der Waals surface area contributed by atoms with Gasteiger partial charge in [0.15, 0.2) is 0 Å². The summed E-state index contributed by atoms with van der Waals surface area (Å²) in [7, 11) is -3.68. The van der Waals surface area contributed by atoms with Gasteiger partial charge < -0.3 is 5.32 Å². The molecule has 0 bridgehead atoms. The molecule has 146 valence electrons. The molecule has 1 N–H and O–H groups in total. The molecule has 0 saturated carbocycles. The zero-order valence-corrected chi connectivity index (χ0v) is 17.6. The summed E-state index contributed by atoms with van der Waals surface area (Å²) < 4.78 is 26.1.